The van der Waals surface area contributed by atoms with Crippen LogP contribution in [-0.4, -0.2) is 25.2 Å². The zero-order chi connectivity index (χ0) is 15.9. The highest BCUT2D eigenvalue weighted by molar-refractivity contribution is 5.78. The van der Waals surface area contributed by atoms with E-state index in [1.165, 1.54) is 38.5 Å². The van der Waals surface area contributed by atoms with E-state index in [9.17, 15) is 4.79 Å². The number of nitrogens with one attached hydrogen (secondary N) is 1. The molecular formula is C19H25NO3. The van der Waals surface area contributed by atoms with Crippen molar-refractivity contribution in [3.63, 3.8) is 0 Å². The van der Waals surface area contributed by atoms with Gasteiger partial charge in [-0.2, -0.15) is 0 Å². The summed E-state index contributed by atoms with van der Waals surface area (Å²) in [7, 11) is 1.62. The van der Waals surface area contributed by atoms with Gasteiger partial charge in [-0.1, -0.05) is 6.07 Å². The highest BCUT2D eigenvalue weighted by Crippen LogP contribution is 2.55. The number of amides is 1. The number of rotatable bonds is 5. The number of hydrogen-bond acceptors (Lipinski definition) is 3. The van der Waals surface area contributed by atoms with Gasteiger partial charge in [0.25, 0.3) is 5.91 Å². The van der Waals surface area contributed by atoms with E-state index in [0.717, 1.165) is 23.5 Å². The fraction of sp³-hybridized carbons (Fsp3) is 0.632. The maximum atomic E-state index is 12.4. The largest absolute Gasteiger partial charge is 0.497 e. The zero-order valence-electron chi connectivity index (χ0n) is 13.7. The van der Waals surface area contributed by atoms with Gasteiger partial charge < -0.3 is 14.8 Å². The van der Waals surface area contributed by atoms with E-state index >= 15 is 0 Å². The van der Waals surface area contributed by atoms with E-state index in [1.54, 1.807) is 13.2 Å². The highest BCUT2D eigenvalue weighted by Gasteiger charge is 2.51. The first kappa shape index (κ1) is 14.9. The SMILES string of the molecule is COc1cccc(OCC(=O)NC23CC4CC(CC(C4)C2)C3)c1. The second-order valence-corrected chi connectivity index (χ2v) is 7.71. The fourth-order valence-electron chi connectivity index (χ4n) is 5.44. The van der Waals surface area contributed by atoms with E-state index in [4.69, 9.17) is 9.47 Å². The molecule has 0 unspecified atom stereocenters. The van der Waals surface area contributed by atoms with Crippen molar-refractivity contribution < 1.29 is 14.3 Å². The fourth-order valence-corrected chi connectivity index (χ4v) is 5.44. The molecule has 1 aromatic carbocycles. The van der Waals surface area contributed by atoms with Crippen LogP contribution < -0.4 is 14.8 Å². The summed E-state index contributed by atoms with van der Waals surface area (Å²) in [6.45, 7) is 0.0783. The van der Waals surface area contributed by atoms with Crippen LogP contribution in [0.4, 0.5) is 0 Å². The zero-order valence-corrected chi connectivity index (χ0v) is 13.7. The summed E-state index contributed by atoms with van der Waals surface area (Å²) >= 11 is 0. The maximum Gasteiger partial charge on any atom is 0.258 e. The molecule has 0 aromatic heterocycles. The molecule has 4 aliphatic carbocycles. The third-order valence-electron chi connectivity index (χ3n) is 5.85. The molecular weight excluding hydrogens is 290 g/mol. The van der Waals surface area contributed by atoms with Gasteiger partial charge in [0.1, 0.15) is 11.5 Å². The lowest BCUT2D eigenvalue weighted by Gasteiger charge is -2.56. The lowest BCUT2D eigenvalue weighted by molar-refractivity contribution is -0.128. The first-order chi connectivity index (χ1) is 11.1. The molecule has 0 saturated heterocycles. The lowest BCUT2D eigenvalue weighted by Crippen LogP contribution is -2.60. The number of benzene rings is 1. The summed E-state index contributed by atoms with van der Waals surface area (Å²) < 4.78 is 10.8. The van der Waals surface area contributed by atoms with Crippen molar-refractivity contribution >= 4 is 5.91 Å². The standard InChI is InChI=1S/C19H25NO3/c1-22-16-3-2-4-17(8-16)23-12-18(21)20-19-9-13-5-14(10-19)7-15(6-13)11-19/h2-4,8,13-15H,5-7,9-12H2,1H3,(H,20,21). The summed E-state index contributed by atoms with van der Waals surface area (Å²) in [4.78, 5) is 12.4. The Kier molecular flexibility index (Phi) is 3.70. The predicted octanol–water partition coefficient (Wildman–Crippen LogP) is 3.16. The molecule has 0 radical (unpaired) electrons. The van der Waals surface area contributed by atoms with E-state index in [1.807, 2.05) is 18.2 Å². The Morgan fingerprint density at radius 3 is 2.35 bits per heavy atom. The van der Waals surface area contributed by atoms with Gasteiger partial charge in [0.15, 0.2) is 6.61 Å². The van der Waals surface area contributed by atoms with Crippen molar-refractivity contribution in [2.75, 3.05) is 13.7 Å². The molecule has 4 nitrogen and oxygen atoms in total. The predicted molar refractivity (Wildman–Crippen MR) is 87.5 cm³/mol. The lowest BCUT2D eigenvalue weighted by atomic mass is 9.53. The molecule has 0 spiro atoms. The molecule has 4 fully saturated rings. The van der Waals surface area contributed by atoms with Crippen molar-refractivity contribution in [3.05, 3.63) is 24.3 Å². The summed E-state index contributed by atoms with van der Waals surface area (Å²) in [5, 5.41) is 3.33. The average Bonchev–Trinajstić information content (AvgIpc) is 2.51. The van der Waals surface area contributed by atoms with Crippen LogP contribution in [0, 0.1) is 17.8 Å². The number of carbonyl (C=O) groups is 1. The molecule has 1 N–H and O–H groups in total. The van der Waals surface area contributed by atoms with Crippen molar-refractivity contribution in [2.45, 2.75) is 44.1 Å². The Labute approximate surface area is 137 Å². The van der Waals surface area contributed by atoms with Crippen LogP contribution >= 0.6 is 0 Å². The molecule has 4 heteroatoms. The average molecular weight is 315 g/mol. The summed E-state index contributed by atoms with van der Waals surface area (Å²) in [6, 6.07) is 7.38. The third kappa shape index (κ3) is 3.04. The Morgan fingerprint density at radius 1 is 1.13 bits per heavy atom. The monoisotopic (exact) mass is 315 g/mol. The van der Waals surface area contributed by atoms with E-state index in [2.05, 4.69) is 5.32 Å². The highest BCUT2D eigenvalue weighted by atomic mass is 16.5. The first-order valence-electron chi connectivity index (χ1n) is 8.72. The molecule has 0 atom stereocenters. The molecule has 5 rings (SSSR count). The molecule has 4 saturated carbocycles. The minimum absolute atomic E-state index is 0.00905. The van der Waals surface area contributed by atoms with Gasteiger partial charge in [-0.25, -0.2) is 0 Å². The number of carbonyl (C=O) groups excluding carboxylic acids is 1. The minimum atomic E-state index is 0.00905. The van der Waals surface area contributed by atoms with Crippen LogP contribution in [0.15, 0.2) is 24.3 Å². The molecule has 4 bridgehead atoms. The number of methoxy groups -OCH3 is 1. The smallest absolute Gasteiger partial charge is 0.258 e. The molecule has 4 aliphatic rings. The van der Waals surface area contributed by atoms with Crippen molar-refractivity contribution in [1.29, 1.82) is 0 Å². The first-order valence-corrected chi connectivity index (χ1v) is 8.72. The van der Waals surface area contributed by atoms with Gasteiger partial charge in [-0.3, -0.25) is 4.79 Å². The molecule has 0 heterocycles. The van der Waals surface area contributed by atoms with E-state index in [0.29, 0.717) is 5.75 Å². The van der Waals surface area contributed by atoms with Gasteiger partial charge in [0, 0.05) is 11.6 Å². The normalized spacial score (nSPS) is 34.2. The van der Waals surface area contributed by atoms with Crippen LogP contribution in [0.5, 0.6) is 11.5 Å². The Balaban J connectivity index is 1.35. The van der Waals surface area contributed by atoms with Crippen LogP contribution in [0.25, 0.3) is 0 Å². The van der Waals surface area contributed by atoms with Gasteiger partial charge in [0.05, 0.1) is 7.11 Å². The summed E-state index contributed by atoms with van der Waals surface area (Å²) in [6.07, 6.45) is 7.66. The van der Waals surface area contributed by atoms with Gasteiger partial charge in [0.2, 0.25) is 0 Å². The van der Waals surface area contributed by atoms with Crippen LogP contribution in [0.1, 0.15) is 38.5 Å². The van der Waals surface area contributed by atoms with Crippen molar-refractivity contribution in [3.8, 4) is 11.5 Å². The number of ether oxygens (including phenoxy) is 2. The Bertz CT molecular complexity index is 563. The maximum absolute atomic E-state index is 12.4. The van der Waals surface area contributed by atoms with Gasteiger partial charge in [-0.15, -0.1) is 0 Å². The van der Waals surface area contributed by atoms with Crippen LogP contribution in [-0.2, 0) is 4.79 Å². The quantitative estimate of drug-likeness (QED) is 0.908. The molecule has 23 heavy (non-hydrogen) atoms. The second-order valence-electron chi connectivity index (χ2n) is 7.71. The second kappa shape index (κ2) is 5.73. The van der Waals surface area contributed by atoms with Crippen LogP contribution in [0.2, 0.25) is 0 Å². The van der Waals surface area contributed by atoms with Gasteiger partial charge >= 0.3 is 0 Å². The van der Waals surface area contributed by atoms with Gasteiger partial charge in [-0.05, 0) is 68.4 Å². The summed E-state index contributed by atoms with van der Waals surface area (Å²) in [5.41, 5.74) is 0.0591. The van der Waals surface area contributed by atoms with Crippen molar-refractivity contribution in [2.24, 2.45) is 17.8 Å². The topological polar surface area (TPSA) is 47.6 Å². The molecule has 1 amide bonds. The van der Waals surface area contributed by atoms with Crippen LogP contribution in [0.3, 0.4) is 0 Å². The summed E-state index contributed by atoms with van der Waals surface area (Å²) in [5.74, 6) is 3.92. The Morgan fingerprint density at radius 2 is 1.74 bits per heavy atom. The molecule has 1 aromatic rings. The van der Waals surface area contributed by atoms with Crippen molar-refractivity contribution in [1.82, 2.24) is 5.32 Å². The minimum Gasteiger partial charge on any atom is -0.497 e. The molecule has 0 aliphatic heterocycles. The number of hydrogen-bond donors (Lipinski definition) is 1. The third-order valence-corrected chi connectivity index (χ3v) is 5.85. The van der Waals surface area contributed by atoms with E-state index < -0.39 is 0 Å². The molecule has 124 valence electrons. The van der Waals surface area contributed by atoms with E-state index in [-0.39, 0.29) is 18.1 Å². The Hall–Kier alpha value is -1.71.